The van der Waals surface area contributed by atoms with E-state index in [9.17, 15) is 4.79 Å². The molecule has 2 aliphatic heterocycles. The van der Waals surface area contributed by atoms with Crippen molar-refractivity contribution in [3.63, 3.8) is 0 Å². The lowest BCUT2D eigenvalue weighted by molar-refractivity contribution is 0.191. The van der Waals surface area contributed by atoms with E-state index in [1.807, 2.05) is 4.90 Å². The molecule has 2 saturated heterocycles. The van der Waals surface area contributed by atoms with Gasteiger partial charge < -0.3 is 15.5 Å². The maximum Gasteiger partial charge on any atom is 0.317 e. The van der Waals surface area contributed by atoms with Crippen LogP contribution in [0.1, 0.15) is 6.92 Å². The van der Waals surface area contributed by atoms with Crippen LogP contribution >= 0.6 is 0 Å². The van der Waals surface area contributed by atoms with E-state index in [1.54, 1.807) is 7.05 Å². The van der Waals surface area contributed by atoms with Gasteiger partial charge in [-0.05, 0) is 18.8 Å². The summed E-state index contributed by atoms with van der Waals surface area (Å²) in [6, 6.07) is 0.460. The number of rotatable bonds is 0. The molecule has 0 aliphatic carbocycles. The normalized spacial score (nSPS) is 37.7. The number of carbonyl (C=O) groups excluding carboxylic acids is 1. The average molecular weight is 183 g/mol. The number of hydrogen-bond acceptors (Lipinski definition) is 2. The monoisotopic (exact) mass is 183 g/mol. The molecule has 4 nitrogen and oxygen atoms in total. The van der Waals surface area contributed by atoms with E-state index in [0.717, 1.165) is 19.6 Å². The lowest BCUT2D eigenvalue weighted by Gasteiger charge is -2.23. The number of likely N-dealkylation sites (tertiary alicyclic amines) is 1. The molecule has 0 aromatic carbocycles. The minimum Gasteiger partial charge on any atom is -0.341 e. The summed E-state index contributed by atoms with van der Waals surface area (Å²) in [6.45, 7) is 5.20. The largest absolute Gasteiger partial charge is 0.341 e. The van der Waals surface area contributed by atoms with Gasteiger partial charge in [-0.2, -0.15) is 0 Å². The Kier molecular flexibility index (Phi) is 2.15. The summed E-state index contributed by atoms with van der Waals surface area (Å²) in [7, 11) is 1.70. The summed E-state index contributed by atoms with van der Waals surface area (Å²) in [5.41, 5.74) is 0. The second-order valence-corrected chi connectivity index (χ2v) is 4.03. The van der Waals surface area contributed by atoms with Crippen LogP contribution in [0.15, 0.2) is 0 Å². The summed E-state index contributed by atoms with van der Waals surface area (Å²) in [5.74, 6) is 1.34. The van der Waals surface area contributed by atoms with Gasteiger partial charge in [0.2, 0.25) is 0 Å². The van der Waals surface area contributed by atoms with Crippen LogP contribution in [0, 0.1) is 11.8 Å². The molecule has 2 N–H and O–H groups in total. The molecule has 0 bridgehead atoms. The van der Waals surface area contributed by atoms with Crippen molar-refractivity contribution >= 4 is 6.03 Å². The molecule has 13 heavy (non-hydrogen) atoms. The molecule has 3 unspecified atom stereocenters. The van der Waals surface area contributed by atoms with Gasteiger partial charge in [0.25, 0.3) is 0 Å². The number of fused-ring (bicyclic) bond motifs is 1. The first-order valence-corrected chi connectivity index (χ1v) is 4.93. The van der Waals surface area contributed by atoms with Gasteiger partial charge in [0.1, 0.15) is 0 Å². The zero-order chi connectivity index (χ0) is 9.42. The number of nitrogens with one attached hydrogen (secondary N) is 2. The van der Waals surface area contributed by atoms with E-state index >= 15 is 0 Å². The molecular formula is C9H17N3O. The summed E-state index contributed by atoms with van der Waals surface area (Å²) in [6.07, 6.45) is 0. The van der Waals surface area contributed by atoms with Crippen molar-refractivity contribution in [3.05, 3.63) is 0 Å². The van der Waals surface area contributed by atoms with Crippen LogP contribution in [0.3, 0.4) is 0 Å². The highest BCUT2D eigenvalue weighted by Crippen LogP contribution is 2.31. The third-order valence-electron chi connectivity index (χ3n) is 3.41. The van der Waals surface area contributed by atoms with Crippen LogP contribution in [-0.2, 0) is 0 Å². The third-order valence-corrected chi connectivity index (χ3v) is 3.41. The Morgan fingerprint density at radius 2 is 2.31 bits per heavy atom. The van der Waals surface area contributed by atoms with Gasteiger partial charge >= 0.3 is 6.03 Å². The molecule has 2 amide bonds. The third kappa shape index (κ3) is 1.29. The van der Waals surface area contributed by atoms with E-state index in [-0.39, 0.29) is 6.03 Å². The average Bonchev–Trinajstić information content (AvgIpc) is 2.68. The SMILES string of the molecule is CNC(=O)N1CC2CNCC2C1C. The highest BCUT2D eigenvalue weighted by atomic mass is 16.2. The number of urea groups is 1. The minimum atomic E-state index is 0.0712. The molecule has 2 rings (SSSR count). The zero-order valence-corrected chi connectivity index (χ0v) is 8.21. The predicted molar refractivity (Wildman–Crippen MR) is 50.5 cm³/mol. The van der Waals surface area contributed by atoms with Crippen molar-refractivity contribution in [1.82, 2.24) is 15.5 Å². The maximum absolute atomic E-state index is 11.5. The molecule has 0 radical (unpaired) electrons. The summed E-state index contributed by atoms with van der Waals surface area (Å²) >= 11 is 0. The molecule has 4 heteroatoms. The Hall–Kier alpha value is -0.770. The van der Waals surface area contributed by atoms with Crippen molar-refractivity contribution in [2.24, 2.45) is 11.8 Å². The second-order valence-electron chi connectivity index (χ2n) is 4.03. The molecule has 2 aliphatic rings. The summed E-state index contributed by atoms with van der Waals surface area (Å²) < 4.78 is 0. The van der Waals surface area contributed by atoms with Gasteiger partial charge in [0.05, 0.1) is 0 Å². The Labute approximate surface area is 78.7 Å². The van der Waals surface area contributed by atoms with Gasteiger partial charge in [-0.1, -0.05) is 0 Å². The predicted octanol–water partition coefficient (Wildman–Crippen LogP) is -0.134. The number of hydrogen-bond donors (Lipinski definition) is 2. The molecule has 0 aromatic rings. The molecule has 0 saturated carbocycles. The number of amides is 2. The zero-order valence-electron chi connectivity index (χ0n) is 8.21. The maximum atomic E-state index is 11.5. The van der Waals surface area contributed by atoms with Crippen LogP contribution < -0.4 is 10.6 Å². The van der Waals surface area contributed by atoms with E-state index in [4.69, 9.17) is 0 Å². The van der Waals surface area contributed by atoms with Crippen LogP contribution in [0.2, 0.25) is 0 Å². The van der Waals surface area contributed by atoms with E-state index in [2.05, 4.69) is 17.6 Å². The summed E-state index contributed by atoms with van der Waals surface area (Å²) in [4.78, 5) is 13.4. The molecular weight excluding hydrogens is 166 g/mol. The van der Waals surface area contributed by atoms with Crippen molar-refractivity contribution in [3.8, 4) is 0 Å². The van der Waals surface area contributed by atoms with Gasteiger partial charge in [-0.15, -0.1) is 0 Å². The van der Waals surface area contributed by atoms with E-state index in [1.165, 1.54) is 0 Å². The molecule has 0 spiro atoms. The second kappa shape index (κ2) is 3.18. The van der Waals surface area contributed by atoms with Gasteiger partial charge in [0.15, 0.2) is 0 Å². The highest BCUT2D eigenvalue weighted by Gasteiger charge is 2.43. The van der Waals surface area contributed by atoms with Gasteiger partial charge in [-0.3, -0.25) is 0 Å². The van der Waals surface area contributed by atoms with Crippen molar-refractivity contribution in [1.29, 1.82) is 0 Å². The molecule has 0 aromatic heterocycles. The molecule has 3 atom stereocenters. The van der Waals surface area contributed by atoms with E-state index in [0.29, 0.717) is 17.9 Å². The van der Waals surface area contributed by atoms with Crippen LogP contribution in [0.5, 0.6) is 0 Å². The highest BCUT2D eigenvalue weighted by molar-refractivity contribution is 5.74. The van der Waals surface area contributed by atoms with Gasteiger partial charge in [0, 0.05) is 32.7 Å². The first-order valence-electron chi connectivity index (χ1n) is 4.93. The van der Waals surface area contributed by atoms with E-state index < -0.39 is 0 Å². The smallest absolute Gasteiger partial charge is 0.317 e. The first kappa shape index (κ1) is 8.81. The number of carbonyl (C=O) groups is 1. The quantitative estimate of drug-likeness (QED) is 0.549. The Bertz CT molecular complexity index is 219. The fourth-order valence-electron chi connectivity index (χ4n) is 2.58. The van der Waals surface area contributed by atoms with Crippen molar-refractivity contribution < 1.29 is 4.79 Å². The Morgan fingerprint density at radius 1 is 1.54 bits per heavy atom. The molecule has 2 heterocycles. The van der Waals surface area contributed by atoms with Crippen molar-refractivity contribution in [2.45, 2.75) is 13.0 Å². The number of nitrogens with zero attached hydrogens (tertiary/aromatic N) is 1. The lowest BCUT2D eigenvalue weighted by Crippen LogP contribution is -2.42. The first-order chi connectivity index (χ1) is 6.24. The van der Waals surface area contributed by atoms with Crippen LogP contribution in [0.4, 0.5) is 4.79 Å². The van der Waals surface area contributed by atoms with Crippen LogP contribution in [-0.4, -0.2) is 43.7 Å². The Morgan fingerprint density at radius 3 is 2.92 bits per heavy atom. The Balaban J connectivity index is 2.06. The molecule has 74 valence electrons. The summed E-state index contributed by atoms with van der Waals surface area (Å²) in [5, 5.41) is 6.07. The topological polar surface area (TPSA) is 44.4 Å². The van der Waals surface area contributed by atoms with Crippen molar-refractivity contribution in [2.75, 3.05) is 26.7 Å². The van der Waals surface area contributed by atoms with Gasteiger partial charge in [-0.25, -0.2) is 4.79 Å². The minimum absolute atomic E-state index is 0.0712. The fraction of sp³-hybridized carbons (Fsp3) is 0.889. The standard InChI is InChI=1S/C9H17N3O/c1-6-8-4-11-3-7(8)5-12(6)9(13)10-2/h6-8,11H,3-5H2,1-2H3,(H,10,13). The van der Waals surface area contributed by atoms with Crippen LogP contribution in [0.25, 0.3) is 0 Å². The lowest BCUT2D eigenvalue weighted by atomic mass is 9.95. The molecule has 2 fully saturated rings. The fourth-order valence-corrected chi connectivity index (χ4v) is 2.58.